The second-order valence-electron chi connectivity index (χ2n) is 2.45. The summed E-state index contributed by atoms with van der Waals surface area (Å²) in [5.41, 5.74) is 6.22. The fourth-order valence-corrected chi connectivity index (χ4v) is 2.72. The topological polar surface area (TPSA) is 62.7 Å². The van der Waals surface area contributed by atoms with Gasteiger partial charge in [-0.05, 0) is 15.9 Å². The fourth-order valence-electron chi connectivity index (χ4n) is 1.14. The fraction of sp³-hybridized carbons (Fsp3) is 0. The molecule has 0 saturated carbocycles. The number of hydrogen-bond donors (Lipinski definition) is 1. The quantitative estimate of drug-likeness (QED) is 0.785. The van der Waals surface area contributed by atoms with Crippen LogP contribution in [0.2, 0.25) is 0 Å². The lowest BCUT2D eigenvalue weighted by molar-refractivity contribution is 1.35. The Morgan fingerprint density at radius 1 is 1.54 bits per heavy atom. The molecular weight excluding hydrogens is 250 g/mol. The molecule has 2 heterocycles. The van der Waals surface area contributed by atoms with Gasteiger partial charge in [0.2, 0.25) is 0 Å². The first-order valence-electron chi connectivity index (χ1n) is 3.45. The van der Waals surface area contributed by atoms with Crippen LogP contribution < -0.4 is 5.73 Å². The molecule has 0 bridgehead atoms. The lowest BCUT2D eigenvalue weighted by atomic mass is 10.2. The minimum Gasteiger partial charge on any atom is -0.389 e. The molecule has 2 aromatic rings. The molecule has 0 aliphatic rings. The van der Waals surface area contributed by atoms with Crippen LogP contribution in [-0.2, 0) is 0 Å². The third-order valence-electron chi connectivity index (χ3n) is 1.69. The summed E-state index contributed by atoms with van der Waals surface area (Å²) >= 11 is 4.72. The molecule has 13 heavy (non-hydrogen) atoms. The molecule has 2 rings (SSSR count). The van der Waals surface area contributed by atoms with E-state index in [1.807, 2.05) is 0 Å². The molecule has 0 fully saturated rings. The molecule has 0 unspecified atom stereocenters. The van der Waals surface area contributed by atoms with Crippen molar-refractivity contribution in [3.63, 3.8) is 0 Å². The molecule has 2 N–H and O–H groups in total. The maximum atomic E-state index is 8.87. The highest BCUT2D eigenvalue weighted by molar-refractivity contribution is 9.10. The molecule has 0 saturated heterocycles. The summed E-state index contributed by atoms with van der Waals surface area (Å²) in [5, 5.41) is 10.3. The average molecular weight is 254 g/mol. The van der Waals surface area contributed by atoms with Gasteiger partial charge in [0, 0.05) is 22.3 Å². The molecule has 5 heteroatoms. The summed E-state index contributed by atoms with van der Waals surface area (Å²) in [6, 6.07) is 2.09. The summed E-state index contributed by atoms with van der Waals surface area (Å²) in [6.07, 6.45) is 3.37. The Kier molecular flexibility index (Phi) is 1.94. The molecule has 0 spiro atoms. The van der Waals surface area contributed by atoms with Gasteiger partial charge in [0.1, 0.15) is 11.1 Å². The van der Waals surface area contributed by atoms with Gasteiger partial charge in [0.05, 0.1) is 10.3 Å². The second kappa shape index (κ2) is 2.98. The lowest BCUT2D eigenvalue weighted by Gasteiger charge is -1.91. The van der Waals surface area contributed by atoms with Gasteiger partial charge >= 0.3 is 0 Å². The van der Waals surface area contributed by atoms with Crippen molar-refractivity contribution in [1.82, 2.24) is 4.98 Å². The van der Waals surface area contributed by atoms with E-state index in [4.69, 9.17) is 11.0 Å². The van der Waals surface area contributed by atoms with E-state index in [0.717, 1.165) is 14.6 Å². The van der Waals surface area contributed by atoms with Gasteiger partial charge in [-0.25, -0.2) is 0 Å². The lowest BCUT2D eigenvalue weighted by Crippen LogP contribution is -1.82. The van der Waals surface area contributed by atoms with E-state index in [0.29, 0.717) is 10.6 Å². The van der Waals surface area contributed by atoms with E-state index in [9.17, 15) is 0 Å². The Morgan fingerprint density at radius 3 is 3.00 bits per heavy atom. The highest BCUT2D eigenvalue weighted by atomic mass is 79.9. The predicted octanol–water partition coefficient (Wildman–Crippen LogP) is 2.51. The average Bonchev–Trinajstić information content (AvgIpc) is 2.42. The number of aromatic nitrogens is 1. The molecule has 0 aliphatic carbocycles. The summed E-state index contributed by atoms with van der Waals surface area (Å²) in [4.78, 5) is 4.00. The third kappa shape index (κ3) is 1.19. The van der Waals surface area contributed by atoms with Crippen molar-refractivity contribution in [2.24, 2.45) is 0 Å². The van der Waals surface area contributed by atoms with E-state index >= 15 is 0 Å². The van der Waals surface area contributed by atoms with E-state index in [2.05, 4.69) is 27.0 Å². The van der Waals surface area contributed by atoms with Crippen LogP contribution in [-0.4, -0.2) is 4.98 Å². The molecule has 0 atom stereocenters. The zero-order chi connectivity index (χ0) is 9.42. The van der Waals surface area contributed by atoms with Gasteiger partial charge < -0.3 is 5.73 Å². The van der Waals surface area contributed by atoms with Crippen molar-refractivity contribution in [3.8, 4) is 6.07 Å². The van der Waals surface area contributed by atoms with Crippen LogP contribution in [0, 0.1) is 11.3 Å². The Labute approximate surface area is 86.9 Å². The molecule has 0 radical (unpaired) electrons. The number of rotatable bonds is 0. The van der Waals surface area contributed by atoms with Crippen LogP contribution in [0.5, 0.6) is 0 Å². The zero-order valence-electron chi connectivity index (χ0n) is 6.41. The van der Waals surface area contributed by atoms with Gasteiger partial charge in [-0.1, -0.05) is 0 Å². The molecule has 64 valence electrons. The number of anilines is 1. The maximum Gasteiger partial charge on any atom is 0.105 e. The number of thiophene rings is 1. The first-order chi connectivity index (χ1) is 6.24. The van der Waals surface area contributed by atoms with Crippen molar-refractivity contribution < 1.29 is 0 Å². The molecule has 0 aromatic carbocycles. The number of hydrogen-bond acceptors (Lipinski definition) is 4. The number of nitrogen functional groups attached to an aromatic ring is 1. The number of nitriles is 1. The van der Waals surface area contributed by atoms with Crippen molar-refractivity contribution >= 4 is 42.4 Å². The third-order valence-corrected chi connectivity index (χ3v) is 3.25. The highest BCUT2D eigenvalue weighted by Crippen LogP contribution is 2.36. The largest absolute Gasteiger partial charge is 0.389 e. The first kappa shape index (κ1) is 8.48. The normalized spacial score (nSPS) is 10.2. The molecule has 3 nitrogen and oxygen atoms in total. The molecule has 0 aliphatic heterocycles. The zero-order valence-corrected chi connectivity index (χ0v) is 8.82. The van der Waals surface area contributed by atoms with E-state index in [1.165, 1.54) is 11.3 Å². The molecule has 0 amide bonds. The van der Waals surface area contributed by atoms with Crippen LogP contribution >= 0.6 is 27.3 Å². The number of fused-ring (bicyclic) bond motifs is 1. The monoisotopic (exact) mass is 253 g/mol. The Bertz CT molecular complexity index is 512. The summed E-state index contributed by atoms with van der Waals surface area (Å²) in [6.45, 7) is 0. The predicted molar refractivity (Wildman–Crippen MR) is 56.4 cm³/mol. The van der Waals surface area contributed by atoms with Crippen LogP contribution in [0.4, 0.5) is 5.00 Å². The van der Waals surface area contributed by atoms with Gasteiger partial charge in [-0.2, -0.15) is 5.26 Å². The number of nitrogens with zero attached hydrogens (tertiary/aromatic N) is 2. The standard InChI is InChI=1S/C8H4BrN3S/c9-5-2-12-3-6-7(5)4(1-10)8(11)13-6/h2-3H,11H2. The summed E-state index contributed by atoms with van der Waals surface area (Å²) in [5.74, 6) is 0. The number of nitrogens with two attached hydrogens (primary N) is 1. The van der Waals surface area contributed by atoms with Crippen LogP contribution in [0.1, 0.15) is 5.56 Å². The summed E-state index contributed by atoms with van der Waals surface area (Å²) in [7, 11) is 0. The highest BCUT2D eigenvalue weighted by Gasteiger charge is 2.11. The van der Waals surface area contributed by atoms with Crippen LogP contribution in [0.15, 0.2) is 16.9 Å². The van der Waals surface area contributed by atoms with E-state index < -0.39 is 0 Å². The Hall–Kier alpha value is -1.12. The smallest absolute Gasteiger partial charge is 0.105 e. The first-order valence-corrected chi connectivity index (χ1v) is 5.06. The van der Waals surface area contributed by atoms with Crippen molar-refractivity contribution in [3.05, 3.63) is 22.4 Å². The van der Waals surface area contributed by atoms with Crippen LogP contribution in [0.3, 0.4) is 0 Å². The molecule has 2 aromatic heterocycles. The van der Waals surface area contributed by atoms with Gasteiger partial charge in [0.25, 0.3) is 0 Å². The Balaban J connectivity index is 2.99. The number of pyridine rings is 1. The van der Waals surface area contributed by atoms with E-state index in [-0.39, 0.29) is 0 Å². The van der Waals surface area contributed by atoms with E-state index in [1.54, 1.807) is 12.4 Å². The Morgan fingerprint density at radius 2 is 2.31 bits per heavy atom. The summed E-state index contributed by atoms with van der Waals surface area (Å²) < 4.78 is 1.75. The van der Waals surface area contributed by atoms with Gasteiger partial charge in [-0.15, -0.1) is 11.3 Å². The SMILES string of the molecule is N#Cc1c(N)sc2cncc(Br)c12. The van der Waals surface area contributed by atoms with Crippen molar-refractivity contribution in [2.45, 2.75) is 0 Å². The van der Waals surface area contributed by atoms with Gasteiger partial charge in [-0.3, -0.25) is 4.98 Å². The number of halogens is 1. The van der Waals surface area contributed by atoms with Crippen molar-refractivity contribution in [1.29, 1.82) is 5.26 Å². The van der Waals surface area contributed by atoms with Gasteiger partial charge in [0.15, 0.2) is 0 Å². The minimum atomic E-state index is 0.536. The minimum absolute atomic E-state index is 0.536. The second-order valence-corrected chi connectivity index (χ2v) is 4.39. The maximum absolute atomic E-state index is 8.87. The molecular formula is C8H4BrN3S. The van der Waals surface area contributed by atoms with Crippen LogP contribution in [0.25, 0.3) is 10.1 Å². The van der Waals surface area contributed by atoms with Crippen molar-refractivity contribution in [2.75, 3.05) is 5.73 Å².